The van der Waals surface area contributed by atoms with E-state index in [-0.39, 0.29) is 12.7 Å². The van der Waals surface area contributed by atoms with Crippen LogP contribution < -0.4 is 14.8 Å². The SMILES string of the molecule is O=C(NC[C@H]1CCCN(Cc2cc3c(cc2Cl)OCO3)C1)c1cccs1. The minimum absolute atomic E-state index is 0.0240. The number of fused-ring (bicyclic) bond motifs is 1. The number of carbonyl (C=O) groups excluding carboxylic acids is 1. The van der Waals surface area contributed by atoms with Gasteiger partial charge in [-0.15, -0.1) is 11.3 Å². The maximum atomic E-state index is 12.1. The van der Waals surface area contributed by atoms with Crippen molar-refractivity contribution in [3.8, 4) is 11.5 Å². The molecule has 1 fully saturated rings. The first-order chi connectivity index (χ1) is 12.7. The minimum Gasteiger partial charge on any atom is -0.454 e. The van der Waals surface area contributed by atoms with Crippen LogP contribution in [0.4, 0.5) is 0 Å². The zero-order valence-electron chi connectivity index (χ0n) is 14.4. The van der Waals surface area contributed by atoms with E-state index in [0.29, 0.717) is 23.2 Å². The molecule has 4 rings (SSSR count). The molecule has 2 aromatic rings. The molecule has 1 aromatic heterocycles. The lowest BCUT2D eigenvalue weighted by Crippen LogP contribution is -2.40. The van der Waals surface area contributed by atoms with E-state index in [0.717, 1.165) is 48.7 Å². The van der Waals surface area contributed by atoms with Crippen LogP contribution in [0.2, 0.25) is 5.02 Å². The lowest BCUT2D eigenvalue weighted by atomic mass is 9.97. The standard InChI is InChI=1S/C19H21ClN2O3S/c20-15-8-17-16(24-12-25-17)7-14(15)11-22-5-1-3-13(10-22)9-21-19(23)18-4-2-6-26-18/h2,4,6-8,13H,1,3,5,9-12H2,(H,21,23)/t13-/m1/s1. The number of carbonyl (C=O) groups is 1. The Labute approximate surface area is 161 Å². The molecule has 0 unspecified atom stereocenters. The number of benzene rings is 1. The van der Waals surface area contributed by atoms with Crippen molar-refractivity contribution in [2.24, 2.45) is 5.92 Å². The van der Waals surface area contributed by atoms with Gasteiger partial charge in [-0.3, -0.25) is 9.69 Å². The van der Waals surface area contributed by atoms with Crippen LogP contribution in [0.3, 0.4) is 0 Å². The molecule has 0 bridgehead atoms. The predicted molar refractivity (Wildman–Crippen MR) is 102 cm³/mol. The molecular weight excluding hydrogens is 372 g/mol. The van der Waals surface area contributed by atoms with E-state index in [1.165, 1.54) is 11.3 Å². The number of hydrogen-bond donors (Lipinski definition) is 1. The molecule has 5 nitrogen and oxygen atoms in total. The monoisotopic (exact) mass is 392 g/mol. The first-order valence-corrected chi connectivity index (χ1v) is 10.1. The second-order valence-electron chi connectivity index (χ2n) is 6.73. The fraction of sp³-hybridized carbons (Fsp3) is 0.421. The summed E-state index contributed by atoms with van der Waals surface area (Å²) in [5.74, 6) is 1.96. The van der Waals surface area contributed by atoms with Crippen molar-refractivity contribution in [2.45, 2.75) is 19.4 Å². The van der Waals surface area contributed by atoms with E-state index < -0.39 is 0 Å². The van der Waals surface area contributed by atoms with Crippen molar-refractivity contribution in [3.63, 3.8) is 0 Å². The zero-order chi connectivity index (χ0) is 17.9. The second-order valence-corrected chi connectivity index (χ2v) is 8.08. The average Bonchev–Trinajstić information content (AvgIpc) is 3.32. The molecule has 7 heteroatoms. The van der Waals surface area contributed by atoms with Crippen LogP contribution >= 0.6 is 22.9 Å². The normalized spacial score (nSPS) is 19.5. The largest absolute Gasteiger partial charge is 0.454 e. The summed E-state index contributed by atoms with van der Waals surface area (Å²) in [7, 11) is 0. The Hall–Kier alpha value is -1.76. The molecule has 1 amide bonds. The number of amides is 1. The highest BCUT2D eigenvalue weighted by molar-refractivity contribution is 7.12. The van der Waals surface area contributed by atoms with Crippen molar-refractivity contribution < 1.29 is 14.3 Å². The number of ether oxygens (including phenoxy) is 2. The van der Waals surface area contributed by atoms with Crippen LogP contribution in [0.25, 0.3) is 0 Å². The number of likely N-dealkylation sites (tertiary alicyclic amines) is 1. The van der Waals surface area contributed by atoms with Crippen LogP contribution in [0, 0.1) is 5.92 Å². The number of rotatable bonds is 5. The molecule has 0 saturated carbocycles. The first-order valence-electron chi connectivity index (χ1n) is 8.81. The maximum absolute atomic E-state index is 12.1. The molecule has 0 aliphatic carbocycles. The van der Waals surface area contributed by atoms with E-state index in [2.05, 4.69) is 10.2 Å². The Bertz CT molecular complexity index is 781. The summed E-state index contributed by atoms with van der Waals surface area (Å²) in [5, 5.41) is 5.70. The molecule has 1 N–H and O–H groups in total. The molecule has 26 heavy (non-hydrogen) atoms. The Morgan fingerprint density at radius 2 is 2.19 bits per heavy atom. The van der Waals surface area contributed by atoms with E-state index >= 15 is 0 Å². The molecule has 3 heterocycles. The van der Waals surface area contributed by atoms with Crippen LogP contribution in [0.5, 0.6) is 11.5 Å². The summed E-state index contributed by atoms with van der Waals surface area (Å²) in [4.78, 5) is 15.3. The van der Waals surface area contributed by atoms with Crippen LogP contribution in [-0.4, -0.2) is 37.2 Å². The summed E-state index contributed by atoms with van der Waals surface area (Å²) < 4.78 is 10.8. The Balaban J connectivity index is 1.33. The first kappa shape index (κ1) is 17.6. The van der Waals surface area contributed by atoms with Gasteiger partial charge in [0, 0.05) is 30.7 Å². The minimum atomic E-state index is 0.0240. The molecule has 1 saturated heterocycles. The zero-order valence-corrected chi connectivity index (χ0v) is 15.9. The number of piperidine rings is 1. The lowest BCUT2D eigenvalue weighted by Gasteiger charge is -2.33. The summed E-state index contributed by atoms with van der Waals surface area (Å²) in [6.45, 7) is 3.74. The highest BCUT2D eigenvalue weighted by Gasteiger charge is 2.23. The Morgan fingerprint density at radius 3 is 3.00 bits per heavy atom. The third-order valence-corrected chi connectivity index (χ3v) is 6.06. The van der Waals surface area contributed by atoms with E-state index in [4.69, 9.17) is 21.1 Å². The fourth-order valence-electron chi connectivity index (χ4n) is 3.51. The highest BCUT2D eigenvalue weighted by atomic mass is 35.5. The van der Waals surface area contributed by atoms with Gasteiger partial charge in [-0.2, -0.15) is 0 Å². The Morgan fingerprint density at radius 1 is 1.35 bits per heavy atom. The van der Waals surface area contributed by atoms with E-state index in [9.17, 15) is 4.79 Å². The molecular formula is C19H21ClN2O3S. The molecule has 1 aromatic carbocycles. The van der Waals surface area contributed by atoms with Gasteiger partial charge in [0.15, 0.2) is 11.5 Å². The number of nitrogens with one attached hydrogen (secondary N) is 1. The topological polar surface area (TPSA) is 50.8 Å². The van der Waals surface area contributed by atoms with Gasteiger partial charge in [-0.1, -0.05) is 17.7 Å². The molecule has 138 valence electrons. The van der Waals surface area contributed by atoms with Gasteiger partial charge in [0.05, 0.1) is 4.88 Å². The summed E-state index contributed by atoms with van der Waals surface area (Å²) >= 11 is 7.88. The number of thiophene rings is 1. The highest BCUT2D eigenvalue weighted by Crippen LogP contribution is 2.37. The van der Waals surface area contributed by atoms with Crippen molar-refractivity contribution >= 4 is 28.8 Å². The number of hydrogen-bond acceptors (Lipinski definition) is 5. The van der Waals surface area contributed by atoms with E-state index in [1.807, 2.05) is 29.6 Å². The van der Waals surface area contributed by atoms with Crippen LogP contribution in [0.15, 0.2) is 29.6 Å². The van der Waals surface area contributed by atoms with Gasteiger partial charge in [0.2, 0.25) is 6.79 Å². The molecule has 1 atom stereocenters. The predicted octanol–water partition coefficient (Wildman–Crippen LogP) is 3.77. The van der Waals surface area contributed by atoms with Gasteiger partial charge in [-0.05, 0) is 48.4 Å². The van der Waals surface area contributed by atoms with Crippen molar-refractivity contribution in [1.82, 2.24) is 10.2 Å². The lowest BCUT2D eigenvalue weighted by molar-refractivity contribution is 0.0934. The van der Waals surface area contributed by atoms with Gasteiger partial charge in [0.1, 0.15) is 0 Å². The summed E-state index contributed by atoms with van der Waals surface area (Å²) in [6.07, 6.45) is 2.26. The average molecular weight is 393 g/mol. The van der Waals surface area contributed by atoms with Gasteiger partial charge in [-0.25, -0.2) is 0 Å². The summed E-state index contributed by atoms with van der Waals surface area (Å²) in [5.41, 5.74) is 1.05. The third-order valence-electron chi connectivity index (χ3n) is 4.83. The van der Waals surface area contributed by atoms with Crippen molar-refractivity contribution in [2.75, 3.05) is 26.4 Å². The molecule has 0 spiro atoms. The quantitative estimate of drug-likeness (QED) is 0.841. The smallest absolute Gasteiger partial charge is 0.261 e. The van der Waals surface area contributed by atoms with Crippen molar-refractivity contribution in [1.29, 1.82) is 0 Å². The Kier molecular flexibility index (Phi) is 5.33. The fourth-order valence-corrected chi connectivity index (χ4v) is 4.37. The van der Waals surface area contributed by atoms with Crippen LogP contribution in [-0.2, 0) is 6.54 Å². The van der Waals surface area contributed by atoms with Gasteiger partial charge >= 0.3 is 0 Å². The van der Waals surface area contributed by atoms with Crippen LogP contribution in [0.1, 0.15) is 28.1 Å². The number of halogens is 1. The summed E-state index contributed by atoms with van der Waals surface area (Å²) in [6, 6.07) is 7.57. The van der Waals surface area contributed by atoms with Gasteiger partial charge in [0.25, 0.3) is 5.91 Å². The van der Waals surface area contributed by atoms with Crippen molar-refractivity contribution in [3.05, 3.63) is 45.1 Å². The molecule has 0 radical (unpaired) electrons. The van der Waals surface area contributed by atoms with E-state index in [1.54, 1.807) is 0 Å². The third kappa shape index (κ3) is 3.98. The number of nitrogens with zero attached hydrogens (tertiary/aromatic N) is 1. The second kappa shape index (κ2) is 7.86. The molecule has 2 aliphatic heterocycles. The molecule has 2 aliphatic rings. The van der Waals surface area contributed by atoms with Gasteiger partial charge < -0.3 is 14.8 Å². The maximum Gasteiger partial charge on any atom is 0.261 e.